The summed E-state index contributed by atoms with van der Waals surface area (Å²) < 4.78 is 21.8. The van der Waals surface area contributed by atoms with Gasteiger partial charge in [-0.05, 0) is 0 Å². The number of ketones is 1. The molecule has 4 nitrogen and oxygen atoms in total. The zero-order chi connectivity index (χ0) is 8.85. The first-order chi connectivity index (χ1) is 5.11. The number of rotatable bonds is 5. The molecule has 0 radical (unpaired) electrons. The molecule has 0 rings (SSSR count). The van der Waals surface area contributed by atoms with Gasteiger partial charge in [-0.15, -0.1) is 0 Å². The zero-order valence-electron chi connectivity index (χ0n) is 6.70. The molecular formula is C6H12NO3S-. The third kappa shape index (κ3) is 4.23. The predicted molar refractivity (Wildman–Crippen MR) is 41.5 cm³/mol. The van der Waals surface area contributed by atoms with Gasteiger partial charge in [0.15, 0.2) is 0 Å². The first-order valence-corrected chi connectivity index (χ1v) is 4.51. The molecule has 0 spiro atoms. The van der Waals surface area contributed by atoms with E-state index in [2.05, 4.69) is 0 Å². The maximum atomic E-state index is 10.8. The Labute approximate surface area is 69.0 Å². The maximum absolute atomic E-state index is 10.8. The quantitative estimate of drug-likeness (QED) is 0.560. The Kier molecular flexibility index (Phi) is 5.27. The Balaban J connectivity index is 3.88. The first kappa shape index (κ1) is 10.7. The van der Waals surface area contributed by atoms with Crippen LogP contribution >= 0.6 is 0 Å². The van der Waals surface area contributed by atoms with E-state index < -0.39 is 11.3 Å². The summed E-state index contributed by atoms with van der Waals surface area (Å²) in [5.74, 6) is -0.0592. The van der Waals surface area contributed by atoms with Gasteiger partial charge in [0.05, 0.1) is 6.54 Å². The summed E-state index contributed by atoms with van der Waals surface area (Å²) >= 11 is -2.26. The van der Waals surface area contributed by atoms with Crippen LogP contribution in [-0.4, -0.2) is 31.9 Å². The molecular weight excluding hydrogens is 166 g/mol. The first-order valence-electron chi connectivity index (χ1n) is 3.47. The molecule has 0 aliphatic rings. The van der Waals surface area contributed by atoms with Gasteiger partial charge >= 0.3 is 0 Å². The van der Waals surface area contributed by atoms with Crippen molar-refractivity contribution in [3.05, 3.63) is 0 Å². The number of carbonyl (C=O) groups excluding carboxylic acids is 1. The molecule has 0 aromatic heterocycles. The van der Waals surface area contributed by atoms with Crippen LogP contribution < -0.4 is 0 Å². The fraction of sp³-hybridized carbons (Fsp3) is 0.833. The van der Waals surface area contributed by atoms with Gasteiger partial charge in [-0.2, -0.15) is 0 Å². The van der Waals surface area contributed by atoms with Crippen molar-refractivity contribution < 1.29 is 13.6 Å². The minimum Gasteiger partial charge on any atom is -0.760 e. The second-order valence-corrected chi connectivity index (χ2v) is 3.02. The highest BCUT2D eigenvalue weighted by molar-refractivity contribution is 7.76. The summed E-state index contributed by atoms with van der Waals surface area (Å²) in [7, 11) is 0. The summed E-state index contributed by atoms with van der Waals surface area (Å²) in [6.45, 7) is 3.76. The summed E-state index contributed by atoms with van der Waals surface area (Å²) in [5, 5.41) is 0. The van der Waals surface area contributed by atoms with Crippen LogP contribution in [0.1, 0.15) is 20.3 Å². The number of hydrogen-bond acceptors (Lipinski definition) is 3. The number of hydrogen-bond donors (Lipinski definition) is 0. The lowest BCUT2D eigenvalue weighted by Gasteiger charge is -2.20. The molecule has 11 heavy (non-hydrogen) atoms. The standard InChI is InChI=1S/C6H13NO3S/c1-3-6(8)5-7(4-2)11(9)10/h3-5H2,1-2H3,(H,9,10)/p-1. The van der Waals surface area contributed by atoms with Crippen LogP contribution in [0, 0.1) is 0 Å². The van der Waals surface area contributed by atoms with Crippen LogP contribution in [0.5, 0.6) is 0 Å². The van der Waals surface area contributed by atoms with E-state index in [0.29, 0.717) is 13.0 Å². The van der Waals surface area contributed by atoms with E-state index in [1.807, 2.05) is 0 Å². The number of carbonyl (C=O) groups is 1. The second kappa shape index (κ2) is 5.40. The minimum absolute atomic E-state index is 0.00309. The number of Topliss-reactive ketones (excluding diaryl/α,β-unsaturated/α-hetero) is 1. The van der Waals surface area contributed by atoms with E-state index >= 15 is 0 Å². The van der Waals surface area contributed by atoms with E-state index in [1.54, 1.807) is 13.8 Å². The lowest BCUT2D eigenvalue weighted by molar-refractivity contribution is -0.118. The Hall–Kier alpha value is -0.260. The van der Waals surface area contributed by atoms with Gasteiger partial charge in [0.1, 0.15) is 5.78 Å². The normalized spacial score (nSPS) is 13.5. The van der Waals surface area contributed by atoms with E-state index in [4.69, 9.17) is 0 Å². The summed E-state index contributed by atoms with van der Waals surface area (Å²) in [5.41, 5.74) is 0. The van der Waals surface area contributed by atoms with E-state index in [0.717, 1.165) is 4.31 Å². The van der Waals surface area contributed by atoms with Crippen molar-refractivity contribution in [2.75, 3.05) is 13.1 Å². The highest BCUT2D eigenvalue weighted by Gasteiger charge is 2.06. The number of nitrogens with zero attached hydrogens (tertiary/aromatic N) is 1. The average molecular weight is 178 g/mol. The van der Waals surface area contributed by atoms with Gasteiger partial charge in [-0.25, -0.2) is 4.31 Å². The molecule has 66 valence electrons. The van der Waals surface area contributed by atoms with Crippen LogP contribution in [0.2, 0.25) is 0 Å². The van der Waals surface area contributed by atoms with Gasteiger partial charge < -0.3 is 4.55 Å². The fourth-order valence-corrected chi connectivity index (χ4v) is 1.04. The predicted octanol–water partition coefficient (Wildman–Crippen LogP) is 0.0815. The molecule has 0 saturated heterocycles. The molecule has 0 fully saturated rings. The van der Waals surface area contributed by atoms with Crippen molar-refractivity contribution in [2.24, 2.45) is 0 Å². The van der Waals surface area contributed by atoms with Gasteiger partial charge in [-0.3, -0.25) is 9.00 Å². The van der Waals surface area contributed by atoms with Crippen molar-refractivity contribution in [1.82, 2.24) is 4.31 Å². The van der Waals surface area contributed by atoms with Crippen LogP contribution in [0.15, 0.2) is 0 Å². The van der Waals surface area contributed by atoms with Crippen LogP contribution in [0.4, 0.5) is 0 Å². The van der Waals surface area contributed by atoms with Crippen LogP contribution in [-0.2, 0) is 16.1 Å². The fourth-order valence-electron chi connectivity index (χ4n) is 0.578. The minimum atomic E-state index is -2.26. The lowest BCUT2D eigenvalue weighted by Crippen LogP contribution is -2.30. The highest BCUT2D eigenvalue weighted by Crippen LogP contribution is 1.93. The third-order valence-electron chi connectivity index (χ3n) is 1.31. The van der Waals surface area contributed by atoms with E-state index in [1.165, 1.54) is 0 Å². The Bertz CT molecular complexity index is 160. The van der Waals surface area contributed by atoms with Gasteiger partial charge in [0.2, 0.25) is 0 Å². The Morgan fingerprint density at radius 3 is 2.36 bits per heavy atom. The maximum Gasteiger partial charge on any atom is 0.147 e. The Morgan fingerprint density at radius 2 is 2.09 bits per heavy atom. The summed E-state index contributed by atoms with van der Waals surface area (Å²) in [4.78, 5) is 10.8. The van der Waals surface area contributed by atoms with Crippen molar-refractivity contribution in [3.63, 3.8) is 0 Å². The van der Waals surface area contributed by atoms with Gasteiger partial charge in [0, 0.05) is 24.2 Å². The van der Waals surface area contributed by atoms with Crippen molar-refractivity contribution in [3.8, 4) is 0 Å². The van der Waals surface area contributed by atoms with Crippen molar-refractivity contribution >= 4 is 17.0 Å². The third-order valence-corrected chi connectivity index (χ3v) is 2.12. The molecule has 5 heteroatoms. The molecule has 1 atom stereocenters. The molecule has 0 N–H and O–H groups in total. The van der Waals surface area contributed by atoms with E-state index in [9.17, 15) is 13.6 Å². The smallest absolute Gasteiger partial charge is 0.147 e. The molecule has 0 bridgehead atoms. The van der Waals surface area contributed by atoms with Crippen molar-refractivity contribution in [2.45, 2.75) is 20.3 Å². The molecule has 0 heterocycles. The molecule has 0 aliphatic carbocycles. The van der Waals surface area contributed by atoms with Crippen molar-refractivity contribution in [1.29, 1.82) is 0 Å². The van der Waals surface area contributed by atoms with Crippen LogP contribution in [0.25, 0.3) is 0 Å². The summed E-state index contributed by atoms with van der Waals surface area (Å²) in [6.07, 6.45) is 0.383. The second-order valence-electron chi connectivity index (χ2n) is 2.07. The average Bonchev–Trinajstić information content (AvgIpc) is 1.99. The van der Waals surface area contributed by atoms with Gasteiger partial charge in [0.25, 0.3) is 0 Å². The molecule has 0 amide bonds. The SMILES string of the molecule is CCC(=O)CN(CC)S(=O)[O-]. The highest BCUT2D eigenvalue weighted by atomic mass is 32.2. The largest absolute Gasteiger partial charge is 0.760 e. The zero-order valence-corrected chi connectivity index (χ0v) is 7.52. The molecule has 0 aromatic rings. The lowest BCUT2D eigenvalue weighted by atomic mass is 10.3. The molecule has 0 aromatic carbocycles. The molecule has 0 saturated carbocycles. The number of likely N-dealkylation sites (N-methyl/N-ethyl adjacent to an activating group) is 1. The monoisotopic (exact) mass is 178 g/mol. The molecule has 1 unspecified atom stereocenters. The topological polar surface area (TPSA) is 60.4 Å². The Morgan fingerprint density at radius 1 is 1.55 bits per heavy atom. The molecule has 0 aliphatic heterocycles. The summed E-state index contributed by atoms with van der Waals surface area (Å²) in [6, 6.07) is 0. The van der Waals surface area contributed by atoms with Crippen LogP contribution in [0.3, 0.4) is 0 Å². The van der Waals surface area contributed by atoms with E-state index in [-0.39, 0.29) is 12.3 Å². The van der Waals surface area contributed by atoms with Gasteiger partial charge in [-0.1, -0.05) is 13.8 Å².